The van der Waals surface area contributed by atoms with Crippen LogP contribution in [-0.2, 0) is 30.8 Å². The molecule has 0 spiro atoms. The van der Waals surface area contributed by atoms with Crippen LogP contribution >= 0.6 is 11.3 Å². The van der Waals surface area contributed by atoms with Crippen LogP contribution < -0.4 is 0 Å². The van der Waals surface area contributed by atoms with E-state index in [2.05, 4.69) is 31.1 Å². The van der Waals surface area contributed by atoms with Gasteiger partial charge in [-0.2, -0.15) is 0 Å². The molecular weight excluding hydrogens is 310 g/mol. The third-order valence-electron chi connectivity index (χ3n) is 4.82. The predicted molar refractivity (Wildman–Crippen MR) is 88.1 cm³/mol. The number of hydrogen-bond acceptors (Lipinski definition) is 5. The number of fused-ring (bicyclic) bond motifs is 2. The molecule has 0 saturated heterocycles. The molecule has 122 valence electrons. The number of aromatic nitrogens is 3. The zero-order valence-corrected chi connectivity index (χ0v) is 14.2. The van der Waals surface area contributed by atoms with Crippen LogP contribution in [0.1, 0.15) is 28.5 Å². The number of rotatable bonds is 3. The minimum absolute atomic E-state index is 0.269. The molecule has 2 aromatic rings. The molecule has 2 aromatic heterocycles. The maximum atomic E-state index is 12.5. The first-order valence-corrected chi connectivity index (χ1v) is 9.03. The highest BCUT2D eigenvalue weighted by atomic mass is 32.1. The SMILES string of the molecule is Cc1nnc2n1CCN(CCC(=O)N1CCc3sccc3C1)C2. The number of hydrogen-bond donors (Lipinski definition) is 0. The molecule has 0 N–H and O–H groups in total. The van der Waals surface area contributed by atoms with Gasteiger partial charge in [0, 0.05) is 44.0 Å². The molecule has 4 rings (SSSR count). The van der Waals surface area contributed by atoms with Crippen LogP contribution in [0.3, 0.4) is 0 Å². The quantitative estimate of drug-likeness (QED) is 0.854. The van der Waals surface area contributed by atoms with Gasteiger partial charge in [-0.1, -0.05) is 0 Å². The van der Waals surface area contributed by atoms with E-state index in [0.29, 0.717) is 6.42 Å². The Hall–Kier alpha value is -1.73. The van der Waals surface area contributed by atoms with E-state index in [0.717, 1.165) is 57.3 Å². The summed E-state index contributed by atoms with van der Waals surface area (Å²) in [6, 6.07) is 2.15. The van der Waals surface area contributed by atoms with E-state index in [9.17, 15) is 4.79 Å². The molecule has 2 aliphatic rings. The van der Waals surface area contributed by atoms with Crippen molar-refractivity contribution in [1.29, 1.82) is 0 Å². The zero-order chi connectivity index (χ0) is 15.8. The first-order chi connectivity index (χ1) is 11.2. The standard InChI is InChI=1S/C16H21N5OS/c1-12-17-18-15-11-19(7-8-21(12)15)5-3-16(22)20-6-2-14-13(10-20)4-9-23-14/h4,9H,2-3,5-8,10-11H2,1H3. The Kier molecular flexibility index (Phi) is 3.90. The van der Waals surface area contributed by atoms with E-state index < -0.39 is 0 Å². The molecule has 0 bridgehead atoms. The average molecular weight is 331 g/mol. The van der Waals surface area contributed by atoms with Crippen molar-refractivity contribution in [2.75, 3.05) is 19.6 Å². The van der Waals surface area contributed by atoms with Gasteiger partial charge in [0.25, 0.3) is 0 Å². The second-order valence-corrected chi connectivity index (χ2v) is 7.28. The minimum Gasteiger partial charge on any atom is -0.338 e. The summed E-state index contributed by atoms with van der Waals surface area (Å²) in [5.41, 5.74) is 1.33. The van der Waals surface area contributed by atoms with Gasteiger partial charge in [-0.25, -0.2) is 0 Å². The molecule has 0 aromatic carbocycles. The Morgan fingerprint density at radius 2 is 2.17 bits per heavy atom. The Balaban J connectivity index is 1.31. The van der Waals surface area contributed by atoms with Gasteiger partial charge < -0.3 is 9.47 Å². The first-order valence-electron chi connectivity index (χ1n) is 8.15. The van der Waals surface area contributed by atoms with Crippen molar-refractivity contribution in [3.05, 3.63) is 33.5 Å². The summed E-state index contributed by atoms with van der Waals surface area (Å²) in [6.07, 6.45) is 1.59. The second-order valence-electron chi connectivity index (χ2n) is 6.28. The molecule has 0 saturated carbocycles. The summed E-state index contributed by atoms with van der Waals surface area (Å²) >= 11 is 1.81. The average Bonchev–Trinajstić information content (AvgIpc) is 3.18. The Morgan fingerprint density at radius 3 is 3.09 bits per heavy atom. The zero-order valence-electron chi connectivity index (χ0n) is 13.4. The molecular formula is C16H21N5OS. The summed E-state index contributed by atoms with van der Waals surface area (Å²) in [6.45, 7) is 7.12. The van der Waals surface area contributed by atoms with Crippen molar-refractivity contribution in [2.45, 2.75) is 39.4 Å². The fourth-order valence-electron chi connectivity index (χ4n) is 3.42. The highest BCUT2D eigenvalue weighted by molar-refractivity contribution is 7.10. The number of thiophene rings is 1. The molecule has 6 nitrogen and oxygen atoms in total. The molecule has 0 aliphatic carbocycles. The third-order valence-corrected chi connectivity index (χ3v) is 5.84. The van der Waals surface area contributed by atoms with Crippen molar-refractivity contribution < 1.29 is 4.79 Å². The van der Waals surface area contributed by atoms with Crippen LogP contribution in [0, 0.1) is 6.92 Å². The lowest BCUT2D eigenvalue weighted by Gasteiger charge is -2.30. The number of carbonyl (C=O) groups excluding carboxylic acids is 1. The third kappa shape index (κ3) is 2.90. The Labute approximate surface area is 139 Å². The summed E-state index contributed by atoms with van der Waals surface area (Å²) in [4.78, 5) is 18.2. The highest BCUT2D eigenvalue weighted by Gasteiger charge is 2.23. The first kappa shape index (κ1) is 14.8. The number of aryl methyl sites for hydroxylation is 1. The van der Waals surface area contributed by atoms with E-state index in [1.54, 1.807) is 0 Å². The van der Waals surface area contributed by atoms with Gasteiger partial charge in [-0.05, 0) is 30.4 Å². The van der Waals surface area contributed by atoms with Crippen LogP contribution in [0.2, 0.25) is 0 Å². The van der Waals surface area contributed by atoms with Gasteiger partial charge in [0.05, 0.1) is 6.54 Å². The highest BCUT2D eigenvalue weighted by Crippen LogP contribution is 2.24. The lowest BCUT2D eigenvalue weighted by molar-refractivity contribution is -0.132. The number of nitrogens with zero attached hydrogens (tertiary/aromatic N) is 5. The van der Waals surface area contributed by atoms with Crippen LogP contribution in [0.25, 0.3) is 0 Å². The van der Waals surface area contributed by atoms with Gasteiger partial charge in [0.1, 0.15) is 11.6 Å². The van der Waals surface area contributed by atoms with E-state index in [1.807, 2.05) is 23.2 Å². The maximum absolute atomic E-state index is 12.5. The summed E-state index contributed by atoms with van der Waals surface area (Å²) in [5.74, 6) is 2.27. The molecule has 0 fully saturated rings. The molecule has 4 heterocycles. The largest absolute Gasteiger partial charge is 0.338 e. The lowest BCUT2D eigenvalue weighted by atomic mass is 10.1. The lowest BCUT2D eigenvalue weighted by Crippen LogP contribution is -2.39. The fourth-order valence-corrected chi connectivity index (χ4v) is 4.31. The summed E-state index contributed by atoms with van der Waals surface area (Å²) in [5, 5.41) is 10.5. The maximum Gasteiger partial charge on any atom is 0.224 e. The van der Waals surface area contributed by atoms with Crippen molar-refractivity contribution in [2.24, 2.45) is 0 Å². The van der Waals surface area contributed by atoms with Gasteiger partial charge in [-0.3, -0.25) is 9.69 Å². The molecule has 1 amide bonds. The predicted octanol–water partition coefficient (Wildman–Crippen LogP) is 1.44. The van der Waals surface area contributed by atoms with E-state index in [1.165, 1.54) is 10.4 Å². The summed E-state index contributed by atoms with van der Waals surface area (Å²) in [7, 11) is 0. The van der Waals surface area contributed by atoms with Gasteiger partial charge >= 0.3 is 0 Å². The normalized spacial score (nSPS) is 17.9. The molecule has 23 heavy (non-hydrogen) atoms. The number of amides is 1. The van der Waals surface area contributed by atoms with E-state index in [4.69, 9.17) is 0 Å². The molecule has 0 atom stereocenters. The monoisotopic (exact) mass is 331 g/mol. The van der Waals surface area contributed by atoms with Crippen molar-refractivity contribution >= 4 is 17.2 Å². The van der Waals surface area contributed by atoms with E-state index in [-0.39, 0.29) is 5.91 Å². The Bertz CT molecular complexity index is 722. The van der Waals surface area contributed by atoms with Gasteiger partial charge in [-0.15, -0.1) is 21.5 Å². The van der Waals surface area contributed by atoms with Crippen molar-refractivity contribution in [1.82, 2.24) is 24.6 Å². The van der Waals surface area contributed by atoms with Crippen LogP contribution in [0.5, 0.6) is 0 Å². The molecule has 7 heteroatoms. The fraction of sp³-hybridized carbons (Fsp3) is 0.562. The molecule has 0 radical (unpaired) electrons. The van der Waals surface area contributed by atoms with E-state index >= 15 is 0 Å². The van der Waals surface area contributed by atoms with Gasteiger partial charge in [0.2, 0.25) is 5.91 Å². The second kappa shape index (κ2) is 6.05. The molecule has 0 unspecified atom stereocenters. The number of carbonyl (C=O) groups is 1. The topological polar surface area (TPSA) is 54.3 Å². The van der Waals surface area contributed by atoms with Crippen LogP contribution in [-0.4, -0.2) is 50.1 Å². The smallest absolute Gasteiger partial charge is 0.224 e. The van der Waals surface area contributed by atoms with Crippen molar-refractivity contribution in [3.8, 4) is 0 Å². The minimum atomic E-state index is 0.269. The van der Waals surface area contributed by atoms with Crippen LogP contribution in [0.4, 0.5) is 0 Å². The summed E-state index contributed by atoms with van der Waals surface area (Å²) < 4.78 is 2.17. The molecule has 2 aliphatic heterocycles. The van der Waals surface area contributed by atoms with Crippen LogP contribution in [0.15, 0.2) is 11.4 Å². The van der Waals surface area contributed by atoms with Crippen molar-refractivity contribution in [3.63, 3.8) is 0 Å². The Morgan fingerprint density at radius 1 is 1.26 bits per heavy atom. The van der Waals surface area contributed by atoms with Gasteiger partial charge in [0.15, 0.2) is 0 Å².